The molecule has 0 saturated heterocycles. The third-order valence-electron chi connectivity index (χ3n) is 5.64. The molecule has 6 heteroatoms. The predicted molar refractivity (Wildman–Crippen MR) is 112 cm³/mol. The van der Waals surface area contributed by atoms with Crippen LogP contribution >= 0.6 is 0 Å². The smallest absolute Gasteiger partial charge is 0.407 e. The molecular formula is C24H29NO5. The van der Waals surface area contributed by atoms with Gasteiger partial charge in [0.05, 0.1) is 11.5 Å². The Balaban J connectivity index is 1.44. The third-order valence-corrected chi connectivity index (χ3v) is 5.64. The molecule has 2 unspecified atom stereocenters. The number of ether oxygens (including phenoxy) is 2. The van der Waals surface area contributed by atoms with Gasteiger partial charge in [0.25, 0.3) is 0 Å². The molecule has 6 nitrogen and oxygen atoms in total. The van der Waals surface area contributed by atoms with Crippen LogP contribution in [0.4, 0.5) is 4.79 Å². The van der Waals surface area contributed by atoms with Gasteiger partial charge in [0, 0.05) is 6.54 Å². The van der Waals surface area contributed by atoms with Gasteiger partial charge in [-0.3, -0.25) is 4.79 Å². The fourth-order valence-corrected chi connectivity index (χ4v) is 3.92. The lowest BCUT2D eigenvalue weighted by atomic mass is 9.79. The predicted octanol–water partition coefficient (Wildman–Crippen LogP) is 3.97. The summed E-state index contributed by atoms with van der Waals surface area (Å²) in [5.74, 6) is -0.358. The van der Waals surface area contributed by atoms with Crippen LogP contribution in [0, 0.1) is 5.41 Å². The maximum Gasteiger partial charge on any atom is 0.407 e. The molecule has 1 aliphatic rings. The number of rotatable bonds is 9. The van der Waals surface area contributed by atoms with Crippen molar-refractivity contribution in [2.24, 2.45) is 5.41 Å². The lowest BCUT2D eigenvalue weighted by Gasteiger charge is -2.30. The van der Waals surface area contributed by atoms with Gasteiger partial charge in [-0.2, -0.15) is 0 Å². The van der Waals surface area contributed by atoms with Crippen molar-refractivity contribution in [3.05, 3.63) is 71.8 Å². The van der Waals surface area contributed by atoms with Gasteiger partial charge in [-0.25, -0.2) is 4.79 Å². The monoisotopic (exact) mass is 411 g/mol. The van der Waals surface area contributed by atoms with E-state index < -0.39 is 17.6 Å². The molecule has 160 valence electrons. The van der Waals surface area contributed by atoms with E-state index in [1.165, 1.54) is 0 Å². The fraction of sp³-hybridized carbons (Fsp3) is 0.417. The summed E-state index contributed by atoms with van der Waals surface area (Å²) in [5.41, 5.74) is 0.933. The second-order valence-corrected chi connectivity index (χ2v) is 7.72. The molecule has 2 aromatic carbocycles. The van der Waals surface area contributed by atoms with Crippen molar-refractivity contribution in [1.29, 1.82) is 0 Å². The van der Waals surface area contributed by atoms with Gasteiger partial charge in [-0.1, -0.05) is 60.7 Å². The second kappa shape index (κ2) is 10.8. The summed E-state index contributed by atoms with van der Waals surface area (Å²) < 4.78 is 10.7. The van der Waals surface area contributed by atoms with E-state index >= 15 is 0 Å². The van der Waals surface area contributed by atoms with Crippen LogP contribution in [0.5, 0.6) is 0 Å². The summed E-state index contributed by atoms with van der Waals surface area (Å²) in [7, 11) is 0. The number of carbonyl (C=O) groups excluding carboxylic acids is 2. The molecule has 0 aliphatic heterocycles. The van der Waals surface area contributed by atoms with E-state index in [1.807, 2.05) is 60.7 Å². The van der Waals surface area contributed by atoms with Gasteiger partial charge in [0.15, 0.2) is 0 Å². The topological polar surface area (TPSA) is 84.9 Å². The minimum atomic E-state index is -0.898. The molecule has 30 heavy (non-hydrogen) atoms. The largest absolute Gasteiger partial charge is 0.460 e. The van der Waals surface area contributed by atoms with E-state index in [0.29, 0.717) is 32.2 Å². The summed E-state index contributed by atoms with van der Waals surface area (Å²) in [4.78, 5) is 24.7. The average molecular weight is 411 g/mol. The summed E-state index contributed by atoms with van der Waals surface area (Å²) in [5, 5.41) is 13.2. The number of alkyl carbamates (subject to hydrolysis) is 1. The number of esters is 1. The van der Waals surface area contributed by atoms with E-state index in [2.05, 4.69) is 5.32 Å². The van der Waals surface area contributed by atoms with Gasteiger partial charge < -0.3 is 19.9 Å². The average Bonchev–Trinajstić information content (AvgIpc) is 3.16. The van der Waals surface area contributed by atoms with Crippen molar-refractivity contribution in [2.45, 2.75) is 51.4 Å². The Morgan fingerprint density at radius 2 is 1.57 bits per heavy atom. The highest BCUT2D eigenvalue weighted by atomic mass is 16.5. The lowest BCUT2D eigenvalue weighted by molar-refractivity contribution is -0.163. The molecule has 0 bridgehead atoms. The van der Waals surface area contributed by atoms with E-state index in [4.69, 9.17) is 9.47 Å². The van der Waals surface area contributed by atoms with Crippen molar-refractivity contribution in [3.63, 3.8) is 0 Å². The zero-order chi connectivity index (χ0) is 21.2. The molecule has 0 aromatic heterocycles. The van der Waals surface area contributed by atoms with E-state index in [1.54, 1.807) is 0 Å². The molecule has 0 heterocycles. The highest BCUT2D eigenvalue weighted by molar-refractivity contribution is 5.78. The minimum absolute atomic E-state index is 0.193. The summed E-state index contributed by atoms with van der Waals surface area (Å²) in [6.45, 7) is 0.771. The Bertz CT molecular complexity index is 811. The standard InChI is InChI=1S/C24H29NO5/c26-21-13-7-14-24(21,22(27)29-17-19-9-3-1-4-10-19)15-8-16-25-23(28)30-18-20-11-5-2-6-12-20/h1-6,9-12,21,26H,7-8,13-18H2,(H,25,28). The fourth-order valence-electron chi connectivity index (χ4n) is 3.92. The highest BCUT2D eigenvalue weighted by Crippen LogP contribution is 2.43. The van der Waals surface area contributed by atoms with Crippen LogP contribution in [0.15, 0.2) is 60.7 Å². The third kappa shape index (κ3) is 5.83. The first-order valence-electron chi connectivity index (χ1n) is 10.4. The molecule has 0 spiro atoms. The van der Waals surface area contributed by atoms with Crippen LogP contribution in [0.2, 0.25) is 0 Å². The molecule has 3 rings (SSSR count). The molecule has 1 amide bonds. The van der Waals surface area contributed by atoms with Crippen LogP contribution in [0.1, 0.15) is 43.2 Å². The van der Waals surface area contributed by atoms with Crippen molar-refractivity contribution >= 4 is 12.1 Å². The van der Waals surface area contributed by atoms with Crippen LogP contribution in [-0.4, -0.2) is 29.8 Å². The minimum Gasteiger partial charge on any atom is -0.460 e. The molecule has 1 saturated carbocycles. The zero-order valence-electron chi connectivity index (χ0n) is 17.1. The first-order valence-corrected chi connectivity index (χ1v) is 10.4. The highest BCUT2D eigenvalue weighted by Gasteiger charge is 2.49. The second-order valence-electron chi connectivity index (χ2n) is 7.72. The Hall–Kier alpha value is -2.86. The van der Waals surface area contributed by atoms with Crippen LogP contribution in [0.3, 0.4) is 0 Å². The molecule has 2 aromatic rings. The maximum absolute atomic E-state index is 12.8. The summed E-state index contributed by atoms with van der Waals surface area (Å²) >= 11 is 0. The summed E-state index contributed by atoms with van der Waals surface area (Å²) in [6.07, 6.45) is 1.78. The Labute approximate surface area is 177 Å². The molecule has 2 atom stereocenters. The Morgan fingerprint density at radius 3 is 2.13 bits per heavy atom. The number of aliphatic hydroxyl groups is 1. The Kier molecular flexibility index (Phi) is 7.85. The lowest BCUT2D eigenvalue weighted by Crippen LogP contribution is -2.40. The maximum atomic E-state index is 12.8. The summed E-state index contributed by atoms with van der Waals surface area (Å²) in [6, 6.07) is 19.0. The van der Waals surface area contributed by atoms with Crippen molar-refractivity contribution in [2.75, 3.05) is 6.54 Å². The van der Waals surface area contributed by atoms with E-state index in [0.717, 1.165) is 17.5 Å². The Morgan fingerprint density at radius 1 is 0.967 bits per heavy atom. The van der Waals surface area contributed by atoms with E-state index in [-0.39, 0.29) is 19.2 Å². The molecule has 0 radical (unpaired) electrons. The van der Waals surface area contributed by atoms with Crippen LogP contribution in [0.25, 0.3) is 0 Å². The van der Waals surface area contributed by atoms with Gasteiger partial charge in [-0.05, 0) is 43.2 Å². The number of amides is 1. The van der Waals surface area contributed by atoms with Crippen LogP contribution in [-0.2, 0) is 27.5 Å². The zero-order valence-corrected chi connectivity index (χ0v) is 17.1. The first-order chi connectivity index (χ1) is 14.6. The number of carbonyl (C=O) groups is 2. The number of hydrogen-bond acceptors (Lipinski definition) is 5. The number of hydrogen-bond donors (Lipinski definition) is 2. The SMILES string of the molecule is O=C(NCCCC1(C(=O)OCc2ccccc2)CCCC1O)OCc1ccccc1. The normalized spacial score (nSPS) is 20.5. The first kappa shape index (κ1) is 21.8. The van der Waals surface area contributed by atoms with Crippen molar-refractivity contribution < 1.29 is 24.2 Å². The number of benzene rings is 2. The van der Waals surface area contributed by atoms with E-state index in [9.17, 15) is 14.7 Å². The van der Waals surface area contributed by atoms with Gasteiger partial charge in [-0.15, -0.1) is 0 Å². The quantitative estimate of drug-likeness (QED) is 0.482. The molecule has 1 aliphatic carbocycles. The van der Waals surface area contributed by atoms with Crippen molar-refractivity contribution in [1.82, 2.24) is 5.32 Å². The van der Waals surface area contributed by atoms with Crippen molar-refractivity contribution in [3.8, 4) is 0 Å². The molecule has 2 N–H and O–H groups in total. The molecule has 1 fully saturated rings. The number of aliphatic hydroxyl groups excluding tert-OH is 1. The molecular weight excluding hydrogens is 382 g/mol. The van der Waals surface area contributed by atoms with Crippen LogP contribution < -0.4 is 5.32 Å². The van der Waals surface area contributed by atoms with Gasteiger partial charge >= 0.3 is 12.1 Å². The number of nitrogens with one attached hydrogen (secondary N) is 1. The van der Waals surface area contributed by atoms with Gasteiger partial charge in [0.1, 0.15) is 13.2 Å². The van der Waals surface area contributed by atoms with Gasteiger partial charge in [0.2, 0.25) is 0 Å².